The highest BCUT2D eigenvalue weighted by molar-refractivity contribution is 5.36. The van der Waals surface area contributed by atoms with Crippen LogP contribution in [0.3, 0.4) is 0 Å². The Hall–Kier alpha value is -1.16. The van der Waals surface area contributed by atoms with E-state index in [1.54, 1.807) is 0 Å². The predicted molar refractivity (Wildman–Crippen MR) is 115 cm³/mol. The lowest BCUT2D eigenvalue weighted by atomic mass is 9.72. The molecule has 0 fully saturated rings. The molecule has 0 saturated heterocycles. The van der Waals surface area contributed by atoms with Gasteiger partial charge in [-0.1, -0.05) is 48.8 Å². The van der Waals surface area contributed by atoms with Crippen LogP contribution in [0.2, 0.25) is 0 Å². The Balaban J connectivity index is 2.75. The monoisotopic (exact) mass is 376 g/mol. The molecular weight excluding hydrogens is 336 g/mol. The van der Waals surface area contributed by atoms with E-state index in [-0.39, 0.29) is 11.7 Å². The van der Waals surface area contributed by atoms with Crippen LogP contribution in [0.4, 0.5) is 0 Å². The van der Waals surface area contributed by atoms with Crippen LogP contribution in [-0.2, 0) is 9.47 Å². The van der Waals surface area contributed by atoms with Gasteiger partial charge in [-0.25, -0.2) is 0 Å². The first-order valence-corrected chi connectivity index (χ1v) is 10.3. The van der Waals surface area contributed by atoms with Gasteiger partial charge in [0.2, 0.25) is 0 Å². The summed E-state index contributed by atoms with van der Waals surface area (Å²) in [5.41, 5.74) is 5.30. The van der Waals surface area contributed by atoms with E-state index in [2.05, 4.69) is 32.9 Å². The maximum atomic E-state index is 10.4. The number of hydrogen-bond acceptors (Lipinski definition) is 3. The minimum absolute atomic E-state index is 0.238. The van der Waals surface area contributed by atoms with Crippen molar-refractivity contribution in [1.82, 2.24) is 0 Å². The van der Waals surface area contributed by atoms with Gasteiger partial charge in [0.15, 0.2) is 6.29 Å². The van der Waals surface area contributed by atoms with Crippen molar-refractivity contribution in [3.05, 3.63) is 46.6 Å². The van der Waals surface area contributed by atoms with Crippen LogP contribution in [0.5, 0.6) is 0 Å². The van der Waals surface area contributed by atoms with E-state index < -0.39 is 6.10 Å². The van der Waals surface area contributed by atoms with Gasteiger partial charge in [0.1, 0.15) is 0 Å². The summed E-state index contributed by atoms with van der Waals surface area (Å²) in [5.74, 6) is 0. The summed E-state index contributed by atoms with van der Waals surface area (Å²) < 4.78 is 11.1. The second kappa shape index (κ2) is 11.6. The topological polar surface area (TPSA) is 38.7 Å². The van der Waals surface area contributed by atoms with Gasteiger partial charge in [-0.3, -0.25) is 0 Å². The number of rotatable bonds is 10. The van der Waals surface area contributed by atoms with Gasteiger partial charge >= 0.3 is 0 Å². The standard InChI is InChI=1S/C24H40O3/c1-8-26-23(27-9-2)17-19(4)16-21(25)15-18(3)12-13-22-20(5)11-10-14-24(22,6)7/h12-13,15-16,21,23,25H,8-11,14,17H2,1-7H3/b13-12+,18-15+,19-16+. The van der Waals surface area contributed by atoms with Crippen LogP contribution in [0.1, 0.15) is 74.1 Å². The van der Waals surface area contributed by atoms with Crippen LogP contribution in [0.25, 0.3) is 0 Å². The third-order valence-corrected chi connectivity index (χ3v) is 5.14. The third kappa shape index (κ3) is 8.59. The highest BCUT2D eigenvalue weighted by Gasteiger charge is 2.26. The zero-order valence-electron chi connectivity index (χ0n) is 18.5. The van der Waals surface area contributed by atoms with Crippen LogP contribution >= 0.6 is 0 Å². The molecule has 0 aliphatic heterocycles. The van der Waals surface area contributed by atoms with Gasteiger partial charge in [0, 0.05) is 19.6 Å². The largest absolute Gasteiger partial charge is 0.385 e. The van der Waals surface area contributed by atoms with Gasteiger partial charge in [-0.15, -0.1) is 0 Å². The predicted octanol–water partition coefficient (Wildman–Crippen LogP) is 6.11. The number of hydrogen-bond donors (Lipinski definition) is 1. The lowest BCUT2D eigenvalue weighted by Crippen LogP contribution is -2.19. The maximum absolute atomic E-state index is 10.4. The first-order valence-electron chi connectivity index (χ1n) is 10.3. The van der Waals surface area contributed by atoms with Crippen molar-refractivity contribution in [1.29, 1.82) is 0 Å². The third-order valence-electron chi connectivity index (χ3n) is 5.14. The molecule has 1 aliphatic carbocycles. The van der Waals surface area contributed by atoms with Crippen molar-refractivity contribution in [2.45, 2.75) is 86.5 Å². The smallest absolute Gasteiger partial charge is 0.161 e. The second-order valence-electron chi connectivity index (χ2n) is 8.22. The normalized spacial score (nSPS) is 20.0. The van der Waals surface area contributed by atoms with E-state index in [1.807, 2.05) is 39.8 Å². The highest BCUT2D eigenvalue weighted by Crippen LogP contribution is 2.40. The first-order chi connectivity index (χ1) is 12.7. The van der Waals surface area contributed by atoms with E-state index in [0.29, 0.717) is 19.6 Å². The SMILES string of the molecule is CCOC(C/C(C)=C/C(O)/C=C(C)/C=C/C1=C(C)CCCC1(C)C)OCC. The Morgan fingerprint density at radius 2 is 1.78 bits per heavy atom. The van der Waals surface area contributed by atoms with Gasteiger partial charge in [0.25, 0.3) is 0 Å². The average Bonchev–Trinajstić information content (AvgIpc) is 2.53. The number of aliphatic hydroxyl groups excluding tert-OH is 1. The van der Waals surface area contributed by atoms with Crippen LogP contribution in [0.15, 0.2) is 46.6 Å². The Kier molecular flexibility index (Phi) is 10.3. The fourth-order valence-electron chi connectivity index (χ4n) is 3.76. The highest BCUT2D eigenvalue weighted by atomic mass is 16.7. The maximum Gasteiger partial charge on any atom is 0.161 e. The summed E-state index contributed by atoms with van der Waals surface area (Å²) in [5, 5.41) is 10.4. The molecule has 3 heteroatoms. The summed E-state index contributed by atoms with van der Waals surface area (Å²) in [6.07, 6.45) is 11.7. The van der Waals surface area contributed by atoms with Gasteiger partial charge in [0.05, 0.1) is 6.10 Å². The molecule has 1 rings (SSSR count). The van der Waals surface area contributed by atoms with E-state index in [4.69, 9.17) is 9.47 Å². The fourth-order valence-corrected chi connectivity index (χ4v) is 3.76. The molecule has 1 unspecified atom stereocenters. The van der Waals surface area contributed by atoms with Crippen LogP contribution in [0, 0.1) is 5.41 Å². The van der Waals surface area contributed by atoms with Crippen LogP contribution < -0.4 is 0 Å². The van der Waals surface area contributed by atoms with Crippen molar-refractivity contribution >= 4 is 0 Å². The molecule has 0 aromatic carbocycles. The zero-order valence-corrected chi connectivity index (χ0v) is 18.5. The number of aliphatic hydroxyl groups is 1. The van der Waals surface area contributed by atoms with E-state index in [9.17, 15) is 5.11 Å². The number of ether oxygens (including phenoxy) is 2. The Morgan fingerprint density at radius 3 is 2.33 bits per heavy atom. The van der Waals surface area contributed by atoms with Crippen LogP contribution in [-0.4, -0.2) is 30.7 Å². The van der Waals surface area contributed by atoms with E-state index in [1.165, 1.54) is 30.4 Å². The minimum Gasteiger partial charge on any atom is -0.385 e. The second-order valence-corrected chi connectivity index (χ2v) is 8.22. The minimum atomic E-state index is -0.604. The molecule has 3 nitrogen and oxygen atoms in total. The van der Waals surface area contributed by atoms with E-state index in [0.717, 1.165) is 11.1 Å². The summed E-state index contributed by atoms with van der Waals surface area (Å²) in [4.78, 5) is 0. The Morgan fingerprint density at radius 1 is 1.15 bits per heavy atom. The molecule has 0 saturated carbocycles. The van der Waals surface area contributed by atoms with Crippen molar-refractivity contribution in [3.63, 3.8) is 0 Å². The average molecular weight is 377 g/mol. The molecule has 1 aliphatic rings. The molecule has 0 amide bonds. The number of allylic oxidation sites excluding steroid dienone is 5. The lowest BCUT2D eigenvalue weighted by Gasteiger charge is -2.33. The summed E-state index contributed by atoms with van der Waals surface area (Å²) >= 11 is 0. The Labute approximate surface area is 166 Å². The van der Waals surface area contributed by atoms with Crippen molar-refractivity contribution in [2.24, 2.45) is 5.41 Å². The lowest BCUT2D eigenvalue weighted by molar-refractivity contribution is -0.134. The molecule has 27 heavy (non-hydrogen) atoms. The summed E-state index contributed by atoms with van der Waals surface area (Å²) in [7, 11) is 0. The van der Waals surface area contributed by atoms with E-state index >= 15 is 0 Å². The van der Waals surface area contributed by atoms with Gasteiger partial charge < -0.3 is 14.6 Å². The molecular formula is C24H40O3. The van der Waals surface area contributed by atoms with Crippen molar-refractivity contribution < 1.29 is 14.6 Å². The fraction of sp³-hybridized carbons (Fsp3) is 0.667. The molecule has 1 N–H and O–H groups in total. The molecule has 154 valence electrons. The molecule has 0 radical (unpaired) electrons. The van der Waals surface area contributed by atoms with Gasteiger partial charge in [-0.2, -0.15) is 0 Å². The zero-order chi connectivity index (χ0) is 20.4. The molecule has 0 spiro atoms. The Bertz CT molecular complexity index is 572. The molecule has 1 atom stereocenters. The summed E-state index contributed by atoms with van der Waals surface area (Å²) in [6.45, 7) is 16.1. The van der Waals surface area contributed by atoms with Gasteiger partial charge in [-0.05, 0) is 70.9 Å². The molecule has 0 aromatic heterocycles. The molecule has 0 aromatic rings. The first kappa shape index (κ1) is 23.9. The van der Waals surface area contributed by atoms with Crippen molar-refractivity contribution in [3.8, 4) is 0 Å². The quantitative estimate of drug-likeness (QED) is 0.284. The summed E-state index contributed by atoms with van der Waals surface area (Å²) in [6, 6.07) is 0. The van der Waals surface area contributed by atoms with Crippen molar-refractivity contribution in [2.75, 3.05) is 13.2 Å². The molecule has 0 bridgehead atoms. The molecule has 0 heterocycles.